The van der Waals surface area contributed by atoms with E-state index >= 15 is 0 Å². The molecule has 0 aliphatic heterocycles. The molecule has 3 nitrogen and oxygen atoms in total. The van der Waals surface area contributed by atoms with Crippen molar-refractivity contribution in [2.45, 2.75) is 110 Å². The summed E-state index contributed by atoms with van der Waals surface area (Å²) in [5.41, 5.74) is 3.83. The number of rotatable bonds is 6. The Morgan fingerprint density at radius 1 is 1.13 bits per heavy atom. The highest BCUT2D eigenvalue weighted by molar-refractivity contribution is 5.43. The summed E-state index contributed by atoms with van der Waals surface area (Å²) in [6, 6.07) is 0. The van der Waals surface area contributed by atoms with E-state index in [-0.39, 0.29) is 10.8 Å². The number of allylic oxidation sites excluding steroid dienone is 5. The normalized spacial score (nSPS) is 40.8. The van der Waals surface area contributed by atoms with Gasteiger partial charge in [0, 0.05) is 11.8 Å². The van der Waals surface area contributed by atoms with E-state index in [4.69, 9.17) is 0 Å². The average Bonchev–Trinajstić information content (AvgIpc) is 3.10. The molecule has 0 spiro atoms. The minimum absolute atomic E-state index is 0.194. The van der Waals surface area contributed by atoms with Crippen molar-refractivity contribution in [2.75, 3.05) is 0 Å². The first kappa shape index (κ1) is 23.3. The SMILES string of the molecule is CCC(O)(CC)CCC(C)C1=CC[C@H]2C3=CC=C4C[C@@H](O)C[C@H](O)[C@]4(C)[C@H]3CC[C@]12C. The molecule has 4 aliphatic carbocycles. The van der Waals surface area contributed by atoms with Crippen LogP contribution in [0.25, 0.3) is 0 Å². The maximum Gasteiger partial charge on any atom is 0.0661 e. The second-order valence-electron chi connectivity index (χ2n) is 11.6. The third-order valence-electron chi connectivity index (χ3n) is 10.2. The molecule has 2 saturated carbocycles. The van der Waals surface area contributed by atoms with Crippen LogP contribution in [0.4, 0.5) is 0 Å². The molecule has 0 amide bonds. The minimum Gasteiger partial charge on any atom is -0.393 e. The Balaban J connectivity index is 1.55. The topological polar surface area (TPSA) is 60.7 Å². The van der Waals surface area contributed by atoms with Crippen LogP contribution < -0.4 is 0 Å². The van der Waals surface area contributed by atoms with Gasteiger partial charge in [-0.25, -0.2) is 0 Å². The summed E-state index contributed by atoms with van der Waals surface area (Å²) >= 11 is 0. The lowest BCUT2D eigenvalue weighted by atomic mass is 9.49. The highest BCUT2D eigenvalue weighted by Crippen LogP contribution is 2.64. The molecule has 0 aromatic rings. The molecule has 31 heavy (non-hydrogen) atoms. The van der Waals surface area contributed by atoms with E-state index in [1.807, 2.05) is 0 Å². The molecule has 4 rings (SSSR count). The molecular formula is C28H44O3. The minimum atomic E-state index is -0.519. The number of fused-ring (bicyclic) bond motifs is 5. The number of aliphatic hydroxyl groups excluding tert-OH is 2. The summed E-state index contributed by atoms with van der Waals surface area (Å²) in [6.07, 6.45) is 14.4. The number of aliphatic hydroxyl groups is 3. The molecule has 0 aromatic carbocycles. The van der Waals surface area contributed by atoms with Gasteiger partial charge in [0.2, 0.25) is 0 Å². The van der Waals surface area contributed by atoms with Crippen LogP contribution >= 0.6 is 0 Å². The van der Waals surface area contributed by atoms with Gasteiger partial charge in [0.25, 0.3) is 0 Å². The predicted molar refractivity (Wildman–Crippen MR) is 126 cm³/mol. The highest BCUT2D eigenvalue weighted by Gasteiger charge is 2.57. The molecule has 7 atom stereocenters. The summed E-state index contributed by atoms with van der Waals surface area (Å²) in [7, 11) is 0. The van der Waals surface area contributed by atoms with Crippen molar-refractivity contribution in [1.29, 1.82) is 0 Å². The van der Waals surface area contributed by atoms with Crippen LogP contribution in [0.3, 0.4) is 0 Å². The molecule has 0 radical (unpaired) electrons. The molecule has 1 unspecified atom stereocenters. The van der Waals surface area contributed by atoms with Crippen molar-refractivity contribution < 1.29 is 15.3 Å². The molecule has 3 heteroatoms. The van der Waals surface area contributed by atoms with Crippen molar-refractivity contribution in [3.63, 3.8) is 0 Å². The van der Waals surface area contributed by atoms with E-state index in [1.54, 1.807) is 5.57 Å². The van der Waals surface area contributed by atoms with Crippen molar-refractivity contribution in [2.24, 2.45) is 28.6 Å². The lowest BCUT2D eigenvalue weighted by molar-refractivity contribution is -0.0493. The molecule has 2 fully saturated rings. The maximum absolute atomic E-state index is 11.0. The summed E-state index contributed by atoms with van der Waals surface area (Å²) in [4.78, 5) is 0. The maximum atomic E-state index is 11.0. The van der Waals surface area contributed by atoms with E-state index in [9.17, 15) is 15.3 Å². The zero-order valence-electron chi connectivity index (χ0n) is 20.3. The second-order valence-corrected chi connectivity index (χ2v) is 11.6. The van der Waals surface area contributed by atoms with E-state index < -0.39 is 17.8 Å². The van der Waals surface area contributed by atoms with E-state index in [0.717, 1.165) is 38.5 Å². The van der Waals surface area contributed by atoms with Gasteiger partial charge in [-0.3, -0.25) is 0 Å². The van der Waals surface area contributed by atoms with E-state index in [0.29, 0.717) is 30.6 Å². The van der Waals surface area contributed by atoms with Crippen molar-refractivity contribution in [3.8, 4) is 0 Å². The Bertz CT molecular complexity index is 788. The van der Waals surface area contributed by atoms with Crippen molar-refractivity contribution in [1.82, 2.24) is 0 Å². The number of hydrogen-bond acceptors (Lipinski definition) is 3. The fraction of sp³-hybridized carbons (Fsp3) is 0.786. The lowest BCUT2D eigenvalue weighted by Gasteiger charge is -2.56. The van der Waals surface area contributed by atoms with Crippen molar-refractivity contribution in [3.05, 3.63) is 34.9 Å². The fourth-order valence-electron chi connectivity index (χ4n) is 7.68. The third kappa shape index (κ3) is 3.60. The Labute approximate surface area is 189 Å². The van der Waals surface area contributed by atoms with Gasteiger partial charge < -0.3 is 15.3 Å². The van der Waals surface area contributed by atoms with Crippen LogP contribution in [-0.2, 0) is 0 Å². The quantitative estimate of drug-likeness (QED) is 0.475. The van der Waals surface area contributed by atoms with Crippen LogP contribution in [0.1, 0.15) is 92.4 Å². The Hall–Kier alpha value is -0.900. The Kier molecular flexibility index (Phi) is 6.12. The van der Waals surface area contributed by atoms with Crippen LogP contribution in [0.15, 0.2) is 34.9 Å². The van der Waals surface area contributed by atoms with Gasteiger partial charge in [-0.2, -0.15) is 0 Å². The van der Waals surface area contributed by atoms with Gasteiger partial charge in [-0.1, -0.05) is 69.6 Å². The predicted octanol–water partition coefficient (Wildman–Crippen LogP) is 5.70. The first-order valence-electron chi connectivity index (χ1n) is 12.8. The van der Waals surface area contributed by atoms with Gasteiger partial charge in [-0.15, -0.1) is 0 Å². The zero-order valence-corrected chi connectivity index (χ0v) is 20.3. The van der Waals surface area contributed by atoms with Crippen LogP contribution in [0.5, 0.6) is 0 Å². The largest absolute Gasteiger partial charge is 0.393 e. The second kappa shape index (κ2) is 8.15. The first-order valence-corrected chi connectivity index (χ1v) is 12.8. The average molecular weight is 429 g/mol. The molecular weight excluding hydrogens is 384 g/mol. The summed E-state index contributed by atoms with van der Waals surface area (Å²) in [5.74, 6) is 1.41. The molecule has 174 valence electrons. The van der Waals surface area contributed by atoms with Gasteiger partial charge >= 0.3 is 0 Å². The van der Waals surface area contributed by atoms with Crippen LogP contribution in [-0.4, -0.2) is 33.1 Å². The molecule has 0 bridgehead atoms. The van der Waals surface area contributed by atoms with E-state index in [1.165, 1.54) is 17.6 Å². The summed E-state index contributed by atoms with van der Waals surface area (Å²) < 4.78 is 0. The zero-order chi connectivity index (χ0) is 22.6. The lowest BCUT2D eigenvalue weighted by Crippen LogP contribution is -2.52. The van der Waals surface area contributed by atoms with Gasteiger partial charge in [0.1, 0.15) is 0 Å². The monoisotopic (exact) mass is 428 g/mol. The van der Waals surface area contributed by atoms with Crippen LogP contribution in [0.2, 0.25) is 0 Å². The third-order valence-corrected chi connectivity index (χ3v) is 10.2. The van der Waals surface area contributed by atoms with Gasteiger partial charge in [-0.05, 0) is 74.5 Å². The van der Waals surface area contributed by atoms with E-state index in [2.05, 4.69) is 52.8 Å². The smallest absolute Gasteiger partial charge is 0.0661 e. The standard InChI is InChI=1S/C28H44O3/c1-6-28(31,7-2)15-12-18(3)22-10-11-23-21-9-8-19-16-20(29)17-25(30)27(19,5)24(21)13-14-26(22,23)4/h8-10,18,20,23-25,29-31H,6-7,11-17H2,1-5H3/t18?,20-,23+,24+,25+,26-,27+/m1/s1. The van der Waals surface area contributed by atoms with Crippen LogP contribution in [0, 0.1) is 28.6 Å². The summed E-state index contributed by atoms with van der Waals surface area (Å²) in [5, 5.41) is 32.0. The fourth-order valence-corrected chi connectivity index (χ4v) is 7.68. The molecule has 0 heterocycles. The molecule has 0 aromatic heterocycles. The molecule has 4 aliphatic rings. The highest BCUT2D eigenvalue weighted by atomic mass is 16.3. The summed E-state index contributed by atoms with van der Waals surface area (Å²) in [6.45, 7) is 11.3. The molecule has 3 N–H and O–H groups in total. The number of hydrogen-bond donors (Lipinski definition) is 3. The Morgan fingerprint density at radius 3 is 2.52 bits per heavy atom. The van der Waals surface area contributed by atoms with Crippen molar-refractivity contribution >= 4 is 0 Å². The van der Waals surface area contributed by atoms with Gasteiger partial charge in [0.15, 0.2) is 0 Å². The van der Waals surface area contributed by atoms with Gasteiger partial charge in [0.05, 0.1) is 17.8 Å². The Morgan fingerprint density at radius 2 is 1.84 bits per heavy atom. The first-order chi connectivity index (χ1) is 14.6. The molecule has 0 saturated heterocycles.